The van der Waals surface area contributed by atoms with Gasteiger partial charge in [-0.25, -0.2) is 9.97 Å². The van der Waals surface area contributed by atoms with Crippen molar-refractivity contribution in [2.75, 3.05) is 6.54 Å². The number of amides is 1. The molecule has 2 bridgehead atoms. The number of nitrogens with zero attached hydrogens (tertiary/aromatic N) is 3. The number of nitrogens with two attached hydrogens (primary N) is 1. The lowest BCUT2D eigenvalue weighted by molar-refractivity contribution is -0.139. The van der Waals surface area contributed by atoms with E-state index in [1.54, 1.807) is 6.33 Å². The summed E-state index contributed by atoms with van der Waals surface area (Å²) in [6.07, 6.45) is 10.0. The van der Waals surface area contributed by atoms with Crippen molar-refractivity contribution in [2.24, 2.45) is 23.5 Å². The molecule has 1 aromatic rings. The Labute approximate surface area is 131 Å². The fraction of sp³-hybridized carbons (Fsp3) is 0.706. The molecule has 22 heavy (non-hydrogen) atoms. The minimum Gasteiger partial charge on any atom is -0.336 e. The quantitative estimate of drug-likeness (QED) is 0.853. The van der Waals surface area contributed by atoms with E-state index < -0.39 is 0 Å². The summed E-state index contributed by atoms with van der Waals surface area (Å²) in [4.78, 5) is 23.4. The van der Waals surface area contributed by atoms with E-state index in [2.05, 4.69) is 9.97 Å². The molecule has 5 heteroatoms. The summed E-state index contributed by atoms with van der Waals surface area (Å²) in [7, 11) is 0. The summed E-state index contributed by atoms with van der Waals surface area (Å²) in [6, 6.07) is 0.327. The van der Waals surface area contributed by atoms with Crippen LogP contribution in [0.2, 0.25) is 0 Å². The smallest absolute Gasteiger partial charge is 0.226 e. The third kappa shape index (κ3) is 2.41. The summed E-state index contributed by atoms with van der Waals surface area (Å²) >= 11 is 0. The molecule has 0 spiro atoms. The molecular formula is C17H24N4O. The molecular weight excluding hydrogens is 276 g/mol. The van der Waals surface area contributed by atoms with E-state index in [1.807, 2.05) is 11.1 Å². The monoisotopic (exact) mass is 300 g/mol. The van der Waals surface area contributed by atoms with Gasteiger partial charge in [0.2, 0.25) is 5.91 Å². The molecule has 1 aromatic heterocycles. The van der Waals surface area contributed by atoms with Gasteiger partial charge >= 0.3 is 0 Å². The molecule has 2 aliphatic carbocycles. The van der Waals surface area contributed by atoms with Gasteiger partial charge in [0.05, 0.1) is 12.2 Å². The molecule has 1 aliphatic heterocycles. The summed E-state index contributed by atoms with van der Waals surface area (Å²) in [5, 5.41) is 0. The van der Waals surface area contributed by atoms with Crippen LogP contribution in [-0.4, -0.2) is 33.4 Å². The van der Waals surface area contributed by atoms with Crippen LogP contribution in [-0.2, 0) is 17.8 Å². The first-order chi connectivity index (χ1) is 10.7. The van der Waals surface area contributed by atoms with Crippen molar-refractivity contribution < 1.29 is 4.79 Å². The molecule has 2 fully saturated rings. The zero-order valence-electron chi connectivity index (χ0n) is 12.9. The SMILES string of the molecule is NC1C2CCCC1CC(C(=O)N1CCc3cncnc3C1)C2. The van der Waals surface area contributed by atoms with Gasteiger partial charge in [-0.2, -0.15) is 0 Å². The van der Waals surface area contributed by atoms with Crippen LogP contribution in [0.15, 0.2) is 12.5 Å². The minimum absolute atomic E-state index is 0.179. The molecule has 2 unspecified atom stereocenters. The van der Waals surface area contributed by atoms with Gasteiger partial charge in [-0.1, -0.05) is 6.42 Å². The van der Waals surface area contributed by atoms with Gasteiger partial charge in [-0.3, -0.25) is 4.79 Å². The van der Waals surface area contributed by atoms with Crippen LogP contribution in [0.5, 0.6) is 0 Å². The number of aromatic nitrogens is 2. The first-order valence-electron chi connectivity index (χ1n) is 8.54. The Morgan fingerprint density at radius 2 is 2.05 bits per heavy atom. The molecule has 2 atom stereocenters. The molecule has 1 amide bonds. The van der Waals surface area contributed by atoms with Crippen LogP contribution in [0.4, 0.5) is 0 Å². The van der Waals surface area contributed by atoms with Crippen LogP contribution in [0.3, 0.4) is 0 Å². The molecule has 2 heterocycles. The van der Waals surface area contributed by atoms with Crippen molar-refractivity contribution in [3.63, 3.8) is 0 Å². The van der Waals surface area contributed by atoms with Crippen LogP contribution in [0, 0.1) is 17.8 Å². The number of hydrogen-bond acceptors (Lipinski definition) is 4. The Morgan fingerprint density at radius 1 is 1.27 bits per heavy atom. The van der Waals surface area contributed by atoms with E-state index in [-0.39, 0.29) is 5.92 Å². The number of rotatable bonds is 1. The Bertz CT molecular complexity index is 562. The van der Waals surface area contributed by atoms with Crippen molar-refractivity contribution in [1.82, 2.24) is 14.9 Å². The molecule has 0 aromatic carbocycles. The van der Waals surface area contributed by atoms with Crippen molar-refractivity contribution in [3.8, 4) is 0 Å². The predicted octanol–water partition coefficient (Wildman–Crippen LogP) is 1.51. The van der Waals surface area contributed by atoms with E-state index in [4.69, 9.17) is 5.73 Å². The average Bonchev–Trinajstić information content (AvgIpc) is 2.53. The number of fused-ring (bicyclic) bond motifs is 3. The first-order valence-corrected chi connectivity index (χ1v) is 8.54. The van der Waals surface area contributed by atoms with Crippen molar-refractivity contribution in [3.05, 3.63) is 23.8 Å². The molecule has 2 N–H and O–H groups in total. The van der Waals surface area contributed by atoms with E-state index in [0.29, 0.717) is 30.3 Å². The van der Waals surface area contributed by atoms with Crippen molar-refractivity contribution in [1.29, 1.82) is 0 Å². The number of hydrogen-bond donors (Lipinski definition) is 1. The highest BCUT2D eigenvalue weighted by Crippen LogP contribution is 2.42. The fourth-order valence-corrected chi connectivity index (χ4v) is 4.69. The standard InChI is InChI=1S/C17H24N4O/c18-16-11-2-1-3-12(16)7-14(6-11)17(22)21-5-4-13-8-19-10-20-15(13)9-21/h8,10-12,14,16H,1-7,9,18H2. The predicted molar refractivity (Wildman–Crippen MR) is 82.7 cm³/mol. The number of carbonyl (C=O) groups excluding carboxylic acids is 1. The highest BCUT2D eigenvalue weighted by molar-refractivity contribution is 5.79. The lowest BCUT2D eigenvalue weighted by Crippen LogP contribution is -2.50. The third-order valence-corrected chi connectivity index (χ3v) is 5.95. The van der Waals surface area contributed by atoms with Gasteiger partial charge in [-0.15, -0.1) is 0 Å². The largest absolute Gasteiger partial charge is 0.336 e. The van der Waals surface area contributed by atoms with Gasteiger partial charge in [0.15, 0.2) is 0 Å². The Kier molecular flexibility index (Phi) is 3.60. The minimum atomic E-state index is 0.179. The van der Waals surface area contributed by atoms with E-state index in [9.17, 15) is 4.79 Å². The maximum Gasteiger partial charge on any atom is 0.226 e. The summed E-state index contributed by atoms with van der Waals surface area (Å²) in [5.74, 6) is 1.62. The van der Waals surface area contributed by atoms with Gasteiger partial charge in [0.1, 0.15) is 6.33 Å². The molecule has 3 aliphatic rings. The summed E-state index contributed by atoms with van der Waals surface area (Å²) in [5.41, 5.74) is 8.55. The maximum absolute atomic E-state index is 12.9. The molecule has 118 valence electrons. The Morgan fingerprint density at radius 3 is 2.82 bits per heavy atom. The summed E-state index contributed by atoms with van der Waals surface area (Å²) < 4.78 is 0. The molecule has 4 rings (SSSR count). The van der Waals surface area contributed by atoms with Crippen LogP contribution < -0.4 is 5.73 Å². The van der Waals surface area contributed by atoms with Gasteiger partial charge in [0, 0.05) is 24.7 Å². The Balaban J connectivity index is 1.47. The van der Waals surface area contributed by atoms with Gasteiger partial charge in [0.25, 0.3) is 0 Å². The highest BCUT2D eigenvalue weighted by atomic mass is 16.2. The van der Waals surface area contributed by atoms with Gasteiger partial charge in [-0.05, 0) is 49.5 Å². The second kappa shape index (κ2) is 5.61. The van der Waals surface area contributed by atoms with Crippen LogP contribution >= 0.6 is 0 Å². The van der Waals surface area contributed by atoms with Crippen molar-refractivity contribution >= 4 is 5.91 Å². The second-order valence-corrected chi connectivity index (χ2v) is 7.20. The van der Waals surface area contributed by atoms with Crippen LogP contribution in [0.1, 0.15) is 43.4 Å². The third-order valence-electron chi connectivity index (χ3n) is 5.95. The van der Waals surface area contributed by atoms with E-state index in [1.165, 1.54) is 24.8 Å². The lowest BCUT2D eigenvalue weighted by atomic mass is 9.65. The van der Waals surface area contributed by atoms with E-state index in [0.717, 1.165) is 31.5 Å². The maximum atomic E-state index is 12.9. The summed E-state index contributed by atoms with van der Waals surface area (Å²) in [6.45, 7) is 1.45. The molecule has 0 radical (unpaired) electrons. The highest BCUT2D eigenvalue weighted by Gasteiger charge is 2.41. The van der Waals surface area contributed by atoms with Crippen LogP contribution in [0.25, 0.3) is 0 Å². The molecule has 0 saturated heterocycles. The zero-order chi connectivity index (χ0) is 15.1. The average molecular weight is 300 g/mol. The molecule has 5 nitrogen and oxygen atoms in total. The van der Waals surface area contributed by atoms with E-state index >= 15 is 0 Å². The fourth-order valence-electron chi connectivity index (χ4n) is 4.69. The Hall–Kier alpha value is -1.49. The van der Waals surface area contributed by atoms with Gasteiger partial charge < -0.3 is 10.6 Å². The first kappa shape index (κ1) is 14.1. The number of carbonyl (C=O) groups is 1. The lowest BCUT2D eigenvalue weighted by Gasteiger charge is -2.44. The molecule has 2 saturated carbocycles. The second-order valence-electron chi connectivity index (χ2n) is 7.20. The zero-order valence-corrected chi connectivity index (χ0v) is 12.9. The van der Waals surface area contributed by atoms with Crippen molar-refractivity contribution in [2.45, 2.75) is 51.1 Å². The topological polar surface area (TPSA) is 72.1 Å². The normalized spacial score (nSPS) is 34.1.